The minimum Gasteiger partial charge on any atom is -0.461 e. The number of ether oxygens (including phenoxy) is 1. The number of aromatic nitrogens is 1. The Bertz CT molecular complexity index is 679. The van der Waals surface area contributed by atoms with E-state index in [0.29, 0.717) is 15.6 Å². The molecule has 0 aliphatic carbocycles. The molecule has 0 unspecified atom stereocenters. The third-order valence-electron chi connectivity index (χ3n) is 2.85. The van der Waals surface area contributed by atoms with Crippen LogP contribution in [0.4, 0.5) is 0 Å². The Balaban J connectivity index is 2.10. The van der Waals surface area contributed by atoms with Gasteiger partial charge < -0.3 is 9.72 Å². The largest absolute Gasteiger partial charge is 0.461 e. The molecule has 0 aliphatic rings. The fourth-order valence-electron chi connectivity index (χ4n) is 1.82. The van der Waals surface area contributed by atoms with Gasteiger partial charge in [0.15, 0.2) is 5.78 Å². The molecule has 4 nitrogen and oxygen atoms in total. The minimum atomic E-state index is -0.480. The normalized spacial score (nSPS) is 10.4. The van der Waals surface area contributed by atoms with E-state index in [9.17, 15) is 9.59 Å². The van der Waals surface area contributed by atoms with E-state index in [1.807, 2.05) is 0 Å². The van der Waals surface area contributed by atoms with E-state index in [1.165, 1.54) is 12.3 Å². The molecular weight excluding hydrogens is 313 g/mol. The second-order valence-corrected chi connectivity index (χ2v) is 5.19. The summed E-state index contributed by atoms with van der Waals surface area (Å²) in [6, 6.07) is 6.53. The first-order valence-electron chi connectivity index (χ1n) is 6.34. The van der Waals surface area contributed by atoms with Gasteiger partial charge in [0.1, 0.15) is 5.69 Å². The number of rotatable bonds is 5. The predicted molar refractivity (Wildman–Crippen MR) is 81.2 cm³/mol. The van der Waals surface area contributed by atoms with Crippen molar-refractivity contribution < 1.29 is 14.3 Å². The number of esters is 1. The second-order valence-electron chi connectivity index (χ2n) is 4.37. The van der Waals surface area contributed by atoms with Gasteiger partial charge in [-0.25, -0.2) is 4.79 Å². The minimum absolute atomic E-state index is 0.125. The van der Waals surface area contributed by atoms with Crippen LogP contribution in [0.25, 0.3) is 0 Å². The summed E-state index contributed by atoms with van der Waals surface area (Å²) < 4.78 is 4.85. The van der Waals surface area contributed by atoms with Crippen LogP contribution in [0.3, 0.4) is 0 Å². The number of carbonyl (C=O) groups is 2. The Morgan fingerprint density at radius 3 is 2.62 bits per heavy atom. The van der Waals surface area contributed by atoms with Gasteiger partial charge in [-0.15, -0.1) is 0 Å². The van der Waals surface area contributed by atoms with E-state index in [1.54, 1.807) is 25.1 Å². The number of benzene rings is 1. The molecule has 0 amide bonds. The molecule has 1 aromatic heterocycles. The average Bonchev–Trinajstić information content (AvgIpc) is 2.93. The number of H-pyrrole nitrogens is 1. The van der Waals surface area contributed by atoms with E-state index >= 15 is 0 Å². The summed E-state index contributed by atoms with van der Waals surface area (Å²) in [6.45, 7) is 2.00. The Kier molecular flexibility index (Phi) is 5.04. The zero-order chi connectivity index (χ0) is 15.4. The lowest BCUT2D eigenvalue weighted by molar-refractivity contribution is 0.0520. The van der Waals surface area contributed by atoms with Crippen molar-refractivity contribution >= 4 is 35.0 Å². The van der Waals surface area contributed by atoms with Gasteiger partial charge in [0.05, 0.1) is 16.7 Å². The van der Waals surface area contributed by atoms with Crippen LogP contribution in [0, 0.1) is 0 Å². The summed E-state index contributed by atoms with van der Waals surface area (Å²) in [4.78, 5) is 26.4. The molecule has 0 spiro atoms. The van der Waals surface area contributed by atoms with E-state index in [0.717, 1.165) is 5.56 Å². The van der Waals surface area contributed by atoms with E-state index in [2.05, 4.69) is 4.98 Å². The standard InChI is InChI=1S/C15H13Cl2NO3/c1-2-21-15(20)13-7-10(8-18-13)14(19)6-9-3-4-11(16)12(17)5-9/h3-5,7-8,18H,2,6H2,1H3. The van der Waals surface area contributed by atoms with E-state index in [4.69, 9.17) is 27.9 Å². The van der Waals surface area contributed by atoms with Gasteiger partial charge in [-0.05, 0) is 30.7 Å². The Morgan fingerprint density at radius 1 is 1.19 bits per heavy atom. The number of hydrogen-bond acceptors (Lipinski definition) is 3. The molecule has 0 aliphatic heterocycles. The number of nitrogens with one attached hydrogen (secondary N) is 1. The monoisotopic (exact) mass is 325 g/mol. The maximum atomic E-state index is 12.2. The molecule has 0 atom stereocenters. The summed E-state index contributed by atoms with van der Waals surface area (Å²) in [7, 11) is 0. The molecule has 0 saturated heterocycles. The summed E-state index contributed by atoms with van der Waals surface area (Å²) in [5.74, 6) is -0.605. The van der Waals surface area contributed by atoms with Crippen molar-refractivity contribution in [1.29, 1.82) is 0 Å². The van der Waals surface area contributed by atoms with Crippen molar-refractivity contribution in [3.63, 3.8) is 0 Å². The van der Waals surface area contributed by atoms with Crippen LogP contribution in [0.15, 0.2) is 30.5 Å². The molecule has 110 valence electrons. The highest BCUT2D eigenvalue weighted by Gasteiger charge is 2.14. The predicted octanol–water partition coefficient (Wildman–Crippen LogP) is 3.92. The molecule has 0 bridgehead atoms. The molecule has 6 heteroatoms. The van der Waals surface area contributed by atoms with Crippen LogP contribution in [0.5, 0.6) is 0 Å². The Labute approximate surface area is 132 Å². The summed E-state index contributed by atoms with van der Waals surface area (Å²) in [5.41, 5.74) is 1.44. The smallest absolute Gasteiger partial charge is 0.354 e. The average molecular weight is 326 g/mol. The van der Waals surface area contributed by atoms with Crippen molar-refractivity contribution in [2.45, 2.75) is 13.3 Å². The quantitative estimate of drug-likeness (QED) is 0.669. The molecule has 1 N–H and O–H groups in total. The van der Waals surface area contributed by atoms with Crippen LogP contribution >= 0.6 is 23.2 Å². The zero-order valence-corrected chi connectivity index (χ0v) is 12.8. The van der Waals surface area contributed by atoms with Gasteiger partial charge in [0.25, 0.3) is 0 Å². The van der Waals surface area contributed by atoms with Gasteiger partial charge >= 0.3 is 5.97 Å². The van der Waals surface area contributed by atoms with Crippen LogP contribution < -0.4 is 0 Å². The molecule has 2 rings (SSSR count). The van der Waals surface area contributed by atoms with E-state index in [-0.39, 0.29) is 24.5 Å². The van der Waals surface area contributed by atoms with Gasteiger partial charge in [-0.3, -0.25) is 4.79 Å². The van der Waals surface area contributed by atoms with E-state index < -0.39 is 5.97 Å². The van der Waals surface area contributed by atoms with Gasteiger partial charge in [-0.2, -0.15) is 0 Å². The fourth-order valence-corrected chi connectivity index (χ4v) is 2.14. The third-order valence-corrected chi connectivity index (χ3v) is 3.59. The zero-order valence-electron chi connectivity index (χ0n) is 11.3. The first kappa shape index (κ1) is 15.6. The number of aromatic amines is 1. The fraction of sp³-hybridized carbons (Fsp3) is 0.200. The highest BCUT2D eigenvalue weighted by molar-refractivity contribution is 6.42. The summed E-state index contributed by atoms with van der Waals surface area (Å²) >= 11 is 11.7. The second kappa shape index (κ2) is 6.78. The van der Waals surface area contributed by atoms with Gasteiger partial charge in [-0.1, -0.05) is 29.3 Å². The molecular formula is C15H13Cl2NO3. The Morgan fingerprint density at radius 2 is 1.95 bits per heavy atom. The van der Waals surface area contributed by atoms with Crippen molar-refractivity contribution in [3.8, 4) is 0 Å². The SMILES string of the molecule is CCOC(=O)c1cc(C(=O)Cc2ccc(Cl)c(Cl)c2)c[nH]1. The number of hydrogen-bond donors (Lipinski definition) is 1. The maximum Gasteiger partial charge on any atom is 0.354 e. The van der Waals surface area contributed by atoms with Crippen LogP contribution in [-0.2, 0) is 11.2 Å². The Hall–Kier alpha value is -1.78. The third kappa shape index (κ3) is 3.86. The molecule has 0 saturated carbocycles. The maximum absolute atomic E-state index is 12.2. The van der Waals surface area contributed by atoms with Crippen molar-refractivity contribution in [2.24, 2.45) is 0 Å². The number of Topliss-reactive ketones (excluding diaryl/α,β-unsaturated/α-hetero) is 1. The van der Waals surface area contributed by atoms with Crippen LogP contribution in [0.2, 0.25) is 10.0 Å². The van der Waals surface area contributed by atoms with Gasteiger partial charge in [0, 0.05) is 18.2 Å². The van der Waals surface area contributed by atoms with Crippen molar-refractivity contribution in [3.05, 3.63) is 57.3 Å². The van der Waals surface area contributed by atoms with Crippen LogP contribution in [-0.4, -0.2) is 23.3 Å². The lowest BCUT2D eigenvalue weighted by atomic mass is 10.1. The highest BCUT2D eigenvalue weighted by atomic mass is 35.5. The van der Waals surface area contributed by atoms with Crippen LogP contribution in [0.1, 0.15) is 33.3 Å². The number of halogens is 2. The first-order valence-corrected chi connectivity index (χ1v) is 7.09. The number of carbonyl (C=O) groups excluding carboxylic acids is 2. The van der Waals surface area contributed by atoms with Crippen molar-refractivity contribution in [1.82, 2.24) is 4.98 Å². The molecule has 0 radical (unpaired) electrons. The molecule has 1 aromatic carbocycles. The number of ketones is 1. The highest BCUT2D eigenvalue weighted by Crippen LogP contribution is 2.23. The van der Waals surface area contributed by atoms with Gasteiger partial charge in [0.2, 0.25) is 0 Å². The lowest BCUT2D eigenvalue weighted by Gasteiger charge is -2.01. The topological polar surface area (TPSA) is 59.2 Å². The summed E-state index contributed by atoms with van der Waals surface area (Å²) in [6.07, 6.45) is 1.67. The molecule has 0 fully saturated rings. The first-order chi connectivity index (χ1) is 10.0. The van der Waals surface area contributed by atoms with Crippen molar-refractivity contribution in [2.75, 3.05) is 6.61 Å². The lowest BCUT2D eigenvalue weighted by Crippen LogP contribution is -2.05. The molecule has 21 heavy (non-hydrogen) atoms. The summed E-state index contributed by atoms with van der Waals surface area (Å²) in [5, 5.41) is 0.849. The molecule has 1 heterocycles. The molecule has 2 aromatic rings.